The monoisotopic (exact) mass is 680 g/mol. The molecule has 10 atom stereocenters. The summed E-state index contributed by atoms with van der Waals surface area (Å²) < 4.78 is 26.6. The number of carbonyl (C=O) groups excluding carboxylic acids is 1. The standard InChI is InChI=1S/C37H72O5Si3/c1-13-43(7,8)40-26-37-23-22-29(41-44(9,10)14-2)24-28(37)17-18-30-32-20-19-31(27(4)16-21-35(38)39-6)36(32,5)34(25-33(30)37)42-45(11,12)15-3/h27-34H,13-26H2,1-12H3/t27-,28-,29-,30+,31-,32+,33+,34+,36-,37-/m1/s1. The van der Waals surface area contributed by atoms with Crippen LogP contribution in [0, 0.1) is 46.3 Å². The van der Waals surface area contributed by atoms with Gasteiger partial charge in [-0.2, -0.15) is 0 Å². The first-order valence-corrected chi connectivity index (χ1v) is 28.4. The Morgan fingerprint density at radius 1 is 0.822 bits per heavy atom. The maximum Gasteiger partial charge on any atom is 0.305 e. The van der Waals surface area contributed by atoms with Crippen molar-refractivity contribution in [2.24, 2.45) is 46.3 Å². The Bertz CT molecular complexity index is 1000. The first-order chi connectivity index (χ1) is 21.0. The molecule has 0 aromatic heterocycles. The highest BCUT2D eigenvalue weighted by Crippen LogP contribution is 2.69. The SMILES string of the molecule is CC[Si](C)(C)OC[C@]12CC[C@@H](O[Si](C)(C)CC)C[C@H]1CC[C@@H]1[C@@H]2C[C@H](O[Si](C)(C)CC)[C@]2(C)[C@@H]([C@H](C)CCC(=O)OC)CC[C@@H]12. The molecule has 0 unspecified atom stereocenters. The third-order valence-electron chi connectivity index (χ3n) is 14.4. The zero-order valence-electron chi connectivity index (χ0n) is 31.6. The molecule has 262 valence electrons. The van der Waals surface area contributed by atoms with E-state index in [1.54, 1.807) is 0 Å². The van der Waals surface area contributed by atoms with Crippen molar-refractivity contribution in [1.82, 2.24) is 0 Å². The Hall–Kier alpha value is 0.000649. The van der Waals surface area contributed by atoms with E-state index in [1.165, 1.54) is 70.6 Å². The van der Waals surface area contributed by atoms with Gasteiger partial charge in [0.2, 0.25) is 0 Å². The number of hydrogen-bond acceptors (Lipinski definition) is 5. The van der Waals surface area contributed by atoms with Crippen molar-refractivity contribution in [3.05, 3.63) is 0 Å². The van der Waals surface area contributed by atoms with Crippen molar-refractivity contribution in [3.8, 4) is 0 Å². The first kappa shape index (κ1) is 37.8. The second-order valence-electron chi connectivity index (χ2n) is 18.0. The van der Waals surface area contributed by atoms with Crippen LogP contribution >= 0.6 is 0 Å². The lowest BCUT2D eigenvalue weighted by atomic mass is 9.43. The molecule has 4 aliphatic carbocycles. The minimum atomic E-state index is -1.81. The molecule has 4 rings (SSSR count). The van der Waals surface area contributed by atoms with E-state index in [0.717, 1.165) is 25.0 Å². The molecule has 0 spiro atoms. The Morgan fingerprint density at radius 2 is 1.47 bits per heavy atom. The fourth-order valence-electron chi connectivity index (χ4n) is 10.6. The molecule has 0 aromatic carbocycles. The first-order valence-electron chi connectivity index (χ1n) is 19.0. The number of rotatable bonds is 14. The average Bonchev–Trinajstić information content (AvgIpc) is 3.37. The van der Waals surface area contributed by atoms with E-state index in [-0.39, 0.29) is 16.8 Å². The molecule has 0 aromatic rings. The van der Waals surface area contributed by atoms with Gasteiger partial charge in [-0.1, -0.05) is 34.6 Å². The number of hydrogen-bond donors (Lipinski definition) is 0. The second kappa shape index (κ2) is 14.5. The predicted molar refractivity (Wildman–Crippen MR) is 195 cm³/mol. The number of ether oxygens (including phenoxy) is 1. The lowest BCUT2D eigenvalue weighted by molar-refractivity contribution is -0.184. The zero-order valence-corrected chi connectivity index (χ0v) is 34.6. The molecule has 4 fully saturated rings. The summed E-state index contributed by atoms with van der Waals surface area (Å²) in [6.45, 7) is 27.6. The van der Waals surface area contributed by atoms with Crippen molar-refractivity contribution in [1.29, 1.82) is 0 Å². The maximum absolute atomic E-state index is 12.2. The van der Waals surface area contributed by atoms with Crippen LogP contribution in [-0.2, 0) is 22.8 Å². The molecule has 0 N–H and O–H groups in total. The smallest absolute Gasteiger partial charge is 0.305 e. The largest absolute Gasteiger partial charge is 0.469 e. The topological polar surface area (TPSA) is 54.0 Å². The summed E-state index contributed by atoms with van der Waals surface area (Å²) in [5.74, 6) is 3.84. The summed E-state index contributed by atoms with van der Waals surface area (Å²) in [5.41, 5.74) is 0.412. The molecule has 0 amide bonds. The van der Waals surface area contributed by atoms with E-state index in [9.17, 15) is 4.79 Å². The van der Waals surface area contributed by atoms with Crippen molar-refractivity contribution >= 4 is 30.9 Å². The van der Waals surface area contributed by atoms with Crippen LogP contribution in [0.2, 0.25) is 57.4 Å². The predicted octanol–water partition coefficient (Wildman–Crippen LogP) is 10.3. The molecule has 4 aliphatic rings. The van der Waals surface area contributed by atoms with Crippen LogP contribution in [0.15, 0.2) is 0 Å². The normalized spacial score (nSPS) is 37.8. The molecule has 0 heterocycles. The molecule has 0 bridgehead atoms. The van der Waals surface area contributed by atoms with E-state index in [2.05, 4.69) is 73.9 Å². The van der Waals surface area contributed by atoms with E-state index < -0.39 is 25.0 Å². The molecule has 0 saturated heterocycles. The van der Waals surface area contributed by atoms with Gasteiger partial charge in [0, 0.05) is 19.1 Å². The van der Waals surface area contributed by atoms with E-state index >= 15 is 0 Å². The van der Waals surface area contributed by atoms with Crippen molar-refractivity contribution in [2.75, 3.05) is 13.7 Å². The second-order valence-corrected chi connectivity index (χ2v) is 31.5. The van der Waals surface area contributed by atoms with Gasteiger partial charge < -0.3 is 18.0 Å². The summed E-state index contributed by atoms with van der Waals surface area (Å²) in [6.07, 6.45) is 12.3. The molecular weight excluding hydrogens is 609 g/mol. The van der Waals surface area contributed by atoms with Gasteiger partial charge in [-0.05, 0) is 162 Å². The highest BCUT2D eigenvalue weighted by molar-refractivity contribution is 6.71. The van der Waals surface area contributed by atoms with Crippen LogP contribution in [-0.4, -0.2) is 56.8 Å². The number of methoxy groups -OCH3 is 1. The molecule has 5 nitrogen and oxygen atoms in total. The van der Waals surface area contributed by atoms with Gasteiger partial charge in [-0.25, -0.2) is 0 Å². The summed E-state index contributed by atoms with van der Waals surface area (Å²) >= 11 is 0. The lowest BCUT2D eigenvalue weighted by Gasteiger charge is -2.65. The lowest BCUT2D eigenvalue weighted by Crippen LogP contribution is -2.63. The van der Waals surface area contributed by atoms with Gasteiger partial charge in [0.15, 0.2) is 25.0 Å². The number of esters is 1. The number of fused-ring (bicyclic) bond motifs is 5. The zero-order chi connectivity index (χ0) is 33.4. The Kier molecular flexibility index (Phi) is 12.2. The molecule has 0 aliphatic heterocycles. The summed E-state index contributed by atoms with van der Waals surface area (Å²) in [5, 5.41) is 0. The van der Waals surface area contributed by atoms with E-state index in [0.29, 0.717) is 48.2 Å². The van der Waals surface area contributed by atoms with E-state index in [1.807, 2.05) is 0 Å². The van der Waals surface area contributed by atoms with Crippen molar-refractivity contribution in [2.45, 2.75) is 168 Å². The molecule has 4 saturated carbocycles. The van der Waals surface area contributed by atoms with Crippen molar-refractivity contribution < 1.29 is 22.8 Å². The van der Waals surface area contributed by atoms with Crippen LogP contribution in [0.1, 0.15) is 98.8 Å². The summed E-state index contributed by atoms with van der Waals surface area (Å²) in [6, 6.07) is 3.53. The maximum atomic E-state index is 12.2. The Labute approximate surface area is 281 Å². The van der Waals surface area contributed by atoms with Gasteiger partial charge in [-0.3, -0.25) is 4.79 Å². The Balaban J connectivity index is 1.70. The summed E-state index contributed by atoms with van der Waals surface area (Å²) in [4.78, 5) is 12.2. The highest BCUT2D eigenvalue weighted by Gasteiger charge is 2.66. The summed E-state index contributed by atoms with van der Waals surface area (Å²) in [7, 11) is -3.59. The van der Waals surface area contributed by atoms with Gasteiger partial charge in [0.05, 0.1) is 13.2 Å². The van der Waals surface area contributed by atoms with Gasteiger partial charge in [-0.15, -0.1) is 0 Å². The fraction of sp³-hybridized carbons (Fsp3) is 0.973. The van der Waals surface area contributed by atoms with Gasteiger partial charge >= 0.3 is 5.97 Å². The molecule has 0 radical (unpaired) electrons. The van der Waals surface area contributed by atoms with Crippen LogP contribution in [0.4, 0.5) is 0 Å². The van der Waals surface area contributed by atoms with Crippen LogP contribution in [0.3, 0.4) is 0 Å². The van der Waals surface area contributed by atoms with Gasteiger partial charge in [0.1, 0.15) is 0 Å². The molecule has 8 heteroatoms. The molecular formula is C37H72O5Si3. The third kappa shape index (κ3) is 7.92. The quantitative estimate of drug-likeness (QED) is 0.135. The molecule has 45 heavy (non-hydrogen) atoms. The number of carbonyl (C=O) groups is 1. The minimum absolute atomic E-state index is 0.0685. The fourth-order valence-corrected chi connectivity index (χ4v) is 14.0. The van der Waals surface area contributed by atoms with Crippen LogP contribution < -0.4 is 0 Å². The van der Waals surface area contributed by atoms with E-state index in [4.69, 9.17) is 18.0 Å². The highest BCUT2D eigenvalue weighted by atomic mass is 28.4. The van der Waals surface area contributed by atoms with Crippen LogP contribution in [0.5, 0.6) is 0 Å². The van der Waals surface area contributed by atoms with Gasteiger partial charge in [0.25, 0.3) is 0 Å². The Morgan fingerprint density at radius 3 is 2.09 bits per heavy atom. The average molecular weight is 681 g/mol. The minimum Gasteiger partial charge on any atom is -0.469 e. The third-order valence-corrected chi connectivity index (χ3v) is 22.3. The van der Waals surface area contributed by atoms with Crippen LogP contribution in [0.25, 0.3) is 0 Å². The van der Waals surface area contributed by atoms with Crippen molar-refractivity contribution in [3.63, 3.8) is 0 Å².